The molecule has 0 bridgehead atoms. The molecule has 8 heteroatoms. The van der Waals surface area contributed by atoms with Crippen molar-refractivity contribution in [1.29, 1.82) is 0 Å². The second-order valence-corrected chi connectivity index (χ2v) is 6.92. The smallest absolute Gasteiger partial charge is 0.321 e. The molecule has 0 spiro atoms. The van der Waals surface area contributed by atoms with Gasteiger partial charge < -0.3 is 5.11 Å². The molecule has 1 aromatic carbocycles. The molecular weight excluding hydrogens is 305 g/mol. The SMILES string of the molecule is CSCCC(NS(=O)(=O)Cc1ccc(F)cc1)C(=O)O. The van der Waals surface area contributed by atoms with Crippen molar-refractivity contribution in [3.63, 3.8) is 0 Å². The first-order chi connectivity index (χ1) is 9.34. The van der Waals surface area contributed by atoms with Crippen LogP contribution in [0.25, 0.3) is 0 Å². The molecule has 0 aromatic heterocycles. The van der Waals surface area contributed by atoms with Crippen molar-refractivity contribution in [3.8, 4) is 0 Å². The maximum Gasteiger partial charge on any atom is 0.321 e. The number of halogens is 1. The van der Waals surface area contributed by atoms with Gasteiger partial charge in [0.2, 0.25) is 10.0 Å². The minimum atomic E-state index is -3.78. The van der Waals surface area contributed by atoms with E-state index in [0.29, 0.717) is 11.3 Å². The Balaban J connectivity index is 2.72. The van der Waals surface area contributed by atoms with E-state index < -0.39 is 27.9 Å². The van der Waals surface area contributed by atoms with E-state index in [0.717, 1.165) is 12.1 Å². The molecule has 2 N–H and O–H groups in total. The lowest BCUT2D eigenvalue weighted by Crippen LogP contribution is -2.41. The minimum absolute atomic E-state index is 0.207. The number of carboxylic acid groups (broad SMARTS) is 1. The molecule has 0 aliphatic heterocycles. The Hall–Kier alpha value is -1.12. The third-order valence-electron chi connectivity index (χ3n) is 2.50. The van der Waals surface area contributed by atoms with Crippen LogP contribution in [0.15, 0.2) is 24.3 Å². The van der Waals surface area contributed by atoms with Crippen molar-refractivity contribution in [2.45, 2.75) is 18.2 Å². The van der Waals surface area contributed by atoms with Gasteiger partial charge in [0.25, 0.3) is 0 Å². The fourth-order valence-electron chi connectivity index (χ4n) is 1.53. The third-order valence-corrected chi connectivity index (χ3v) is 4.50. The van der Waals surface area contributed by atoms with Crippen molar-refractivity contribution in [2.24, 2.45) is 0 Å². The topological polar surface area (TPSA) is 83.5 Å². The lowest BCUT2D eigenvalue weighted by Gasteiger charge is -2.14. The summed E-state index contributed by atoms with van der Waals surface area (Å²) in [5, 5.41) is 8.98. The summed E-state index contributed by atoms with van der Waals surface area (Å²) in [6.45, 7) is 0. The molecule has 0 saturated carbocycles. The van der Waals surface area contributed by atoms with Crippen LogP contribution in [0.4, 0.5) is 4.39 Å². The van der Waals surface area contributed by atoms with Crippen molar-refractivity contribution < 1.29 is 22.7 Å². The van der Waals surface area contributed by atoms with E-state index in [1.807, 2.05) is 6.26 Å². The Morgan fingerprint density at radius 1 is 1.40 bits per heavy atom. The standard InChI is InChI=1S/C12H16FNO4S2/c1-19-7-6-11(12(15)16)14-20(17,18)8-9-2-4-10(13)5-3-9/h2-5,11,14H,6-8H2,1H3,(H,15,16). The molecule has 1 rings (SSSR count). The van der Waals surface area contributed by atoms with E-state index in [1.54, 1.807) is 0 Å². The number of hydrogen-bond donors (Lipinski definition) is 2. The van der Waals surface area contributed by atoms with E-state index >= 15 is 0 Å². The van der Waals surface area contributed by atoms with Crippen molar-refractivity contribution in [3.05, 3.63) is 35.6 Å². The first-order valence-corrected chi connectivity index (χ1v) is 8.85. The van der Waals surface area contributed by atoms with E-state index in [-0.39, 0.29) is 12.2 Å². The maximum absolute atomic E-state index is 12.7. The molecule has 0 heterocycles. The number of sulfonamides is 1. The number of aliphatic carboxylic acids is 1. The minimum Gasteiger partial charge on any atom is -0.480 e. The summed E-state index contributed by atoms with van der Waals surface area (Å²) in [7, 11) is -3.78. The highest BCUT2D eigenvalue weighted by Crippen LogP contribution is 2.09. The lowest BCUT2D eigenvalue weighted by molar-refractivity contribution is -0.139. The molecule has 1 unspecified atom stereocenters. The van der Waals surface area contributed by atoms with Gasteiger partial charge in [-0.2, -0.15) is 11.8 Å². The van der Waals surface area contributed by atoms with Crippen molar-refractivity contribution >= 4 is 27.8 Å². The van der Waals surface area contributed by atoms with Crippen LogP contribution in [0.5, 0.6) is 0 Å². The fraction of sp³-hybridized carbons (Fsp3) is 0.417. The van der Waals surface area contributed by atoms with Crippen LogP contribution in [0.2, 0.25) is 0 Å². The van der Waals surface area contributed by atoms with E-state index in [2.05, 4.69) is 4.72 Å². The summed E-state index contributed by atoms with van der Waals surface area (Å²) < 4.78 is 38.7. The second-order valence-electron chi connectivity index (χ2n) is 4.18. The van der Waals surface area contributed by atoms with Crippen LogP contribution in [-0.4, -0.2) is 37.5 Å². The summed E-state index contributed by atoms with van der Waals surface area (Å²) in [5.41, 5.74) is 0.396. The zero-order chi connectivity index (χ0) is 15.2. The van der Waals surface area contributed by atoms with Gasteiger partial charge in [-0.3, -0.25) is 4.79 Å². The number of nitrogens with one attached hydrogen (secondary N) is 1. The summed E-state index contributed by atoms with van der Waals surface area (Å²) in [5.74, 6) is -1.50. The Kier molecular flexibility index (Phi) is 6.44. The monoisotopic (exact) mass is 321 g/mol. The quantitative estimate of drug-likeness (QED) is 0.757. The average Bonchev–Trinajstić information content (AvgIpc) is 2.36. The van der Waals surface area contributed by atoms with Crippen LogP contribution >= 0.6 is 11.8 Å². The van der Waals surface area contributed by atoms with Crippen LogP contribution in [0, 0.1) is 5.82 Å². The summed E-state index contributed by atoms with van der Waals surface area (Å²) >= 11 is 1.44. The molecule has 1 atom stereocenters. The molecule has 0 aliphatic rings. The molecular formula is C12H16FNO4S2. The van der Waals surface area contributed by atoms with Gasteiger partial charge in [0.05, 0.1) is 5.75 Å². The molecule has 20 heavy (non-hydrogen) atoms. The predicted molar refractivity (Wildman–Crippen MR) is 76.6 cm³/mol. The summed E-state index contributed by atoms with van der Waals surface area (Å²) in [6, 6.07) is 3.88. The zero-order valence-electron chi connectivity index (χ0n) is 10.9. The van der Waals surface area contributed by atoms with Gasteiger partial charge in [0.1, 0.15) is 11.9 Å². The third kappa shape index (κ3) is 5.89. The van der Waals surface area contributed by atoms with Gasteiger partial charge in [-0.1, -0.05) is 12.1 Å². The first-order valence-electron chi connectivity index (χ1n) is 5.80. The van der Waals surface area contributed by atoms with E-state index in [4.69, 9.17) is 5.11 Å². The molecule has 5 nitrogen and oxygen atoms in total. The Morgan fingerprint density at radius 2 is 2.00 bits per heavy atom. The van der Waals surface area contributed by atoms with Crippen molar-refractivity contribution in [2.75, 3.05) is 12.0 Å². The highest BCUT2D eigenvalue weighted by Gasteiger charge is 2.23. The average molecular weight is 321 g/mol. The predicted octanol–water partition coefficient (Wildman–Crippen LogP) is 1.45. The molecule has 1 aromatic rings. The van der Waals surface area contributed by atoms with Crippen LogP contribution < -0.4 is 4.72 Å². The Bertz CT molecular complexity index is 545. The largest absolute Gasteiger partial charge is 0.480 e. The van der Waals surface area contributed by atoms with Crippen LogP contribution in [0.3, 0.4) is 0 Å². The zero-order valence-corrected chi connectivity index (χ0v) is 12.5. The molecule has 0 aliphatic carbocycles. The first kappa shape index (κ1) is 16.9. The lowest BCUT2D eigenvalue weighted by atomic mass is 10.2. The van der Waals surface area contributed by atoms with Gasteiger partial charge >= 0.3 is 5.97 Å². The Morgan fingerprint density at radius 3 is 2.50 bits per heavy atom. The van der Waals surface area contributed by atoms with Gasteiger partial charge in [-0.15, -0.1) is 0 Å². The highest BCUT2D eigenvalue weighted by atomic mass is 32.2. The second kappa shape index (κ2) is 7.61. The number of rotatable bonds is 8. The molecule has 0 amide bonds. The highest BCUT2D eigenvalue weighted by molar-refractivity contribution is 7.98. The maximum atomic E-state index is 12.7. The van der Waals surface area contributed by atoms with Gasteiger partial charge in [-0.25, -0.2) is 17.5 Å². The Labute approximate surface area is 121 Å². The van der Waals surface area contributed by atoms with Crippen molar-refractivity contribution in [1.82, 2.24) is 4.72 Å². The number of hydrogen-bond acceptors (Lipinski definition) is 4. The van der Waals surface area contributed by atoms with Gasteiger partial charge in [-0.05, 0) is 36.1 Å². The summed E-state index contributed by atoms with van der Waals surface area (Å²) in [6.07, 6.45) is 2.02. The van der Waals surface area contributed by atoms with E-state index in [9.17, 15) is 17.6 Å². The van der Waals surface area contributed by atoms with E-state index in [1.165, 1.54) is 23.9 Å². The molecule has 0 radical (unpaired) electrons. The number of carboxylic acids is 1. The number of carbonyl (C=O) groups is 1. The van der Waals surface area contributed by atoms with Crippen LogP contribution in [0.1, 0.15) is 12.0 Å². The van der Waals surface area contributed by atoms with Gasteiger partial charge in [0.15, 0.2) is 0 Å². The fourth-order valence-corrected chi connectivity index (χ4v) is 3.37. The van der Waals surface area contributed by atoms with Gasteiger partial charge in [0, 0.05) is 0 Å². The van der Waals surface area contributed by atoms with Crippen LogP contribution in [-0.2, 0) is 20.6 Å². The normalized spacial score (nSPS) is 13.1. The number of benzene rings is 1. The molecule has 112 valence electrons. The summed E-state index contributed by atoms with van der Waals surface area (Å²) in [4.78, 5) is 11.0. The molecule has 0 saturated heterocycles. The molecule has 0 fully saturated rings. The number of thioether (sulfide) groups is 1.